The predicted octanol–water partition coefficient (Wildman–Crippen LogP) is 0.937. The number of rotatable bonds is 0. The van der Waals surface area contributed by atoms with Crippen molar-refractivity contribution < 1.29 is 4.79 Å². The van der Waals surface area contributed by atoms with Gasteiger partial charge < -0.3 is 5.73 Å². The fraction of sp³-hybridized carbons (Fsp3) is 0.222. The van der Waals surface area contributed by atoms with E-state index in [4.69, 9.17) is 5.73 Å². The molecule has 0 saturated carbocycles. The molecular weight excluding hydrogens is 138 g/mol. The molecule has 0 fully saturated rings. The molecule has 1 aliphatic carbocycles. The molecule has 0 saturated heterocycles. The molecule has 56 valence electrons. The van der Waals surface area contributed by atoms with E-state index in [2.05, 4.69) is 0 Å². The van der Waals surface area contributed by atoms with E-state index in [1.165, 1.54) is 0 Å². The standard InChI is InChI=1S/C9H9NO/c10-8-2-1-6-4-9(11)5-7(6)3-8/h1-3H,4-5,10H2. The highest BCUT2D eigenvalue weighted by Crippen LogP contribution is 2.21. The third kappa shape index (κ3) is 1.00. The van der Waals surface area contributed by atoms with Crippen LogP contribution in [-0.4, -0.2) is 5.78 Å². The molecule has 0 radical (unpaired) electrons. The molecule has 1 aliphatic rings. The van der Waals surface area contributed by atoms with Gasteiger partial charge in [0, 0.05) is 18.5 Å². The van der Waals surface area contributed by atoms with Gasteiger partial charge in [0.25, 0.3) is 0 Å². The Bertz CT molecular complexity index is 317. The summed E-state index contributed by atoms with van der Waals surface area (Å²) in [5.74, 6) is 0.297. The first-order valence-corrected chi connectivity index (χ1v) is 3.65. The van der Waals surface area contributed by atoms with Gasteiger partial charge >= 0.3 is 0 Å². The Hall–Kier alpha value is -1.31. The summed E-state index contributed by atoms with van der Waals surface area (Å²) in [4.78, 5) is 11.0. The van der Waals surface area contributed by atoms with Crippen molar-refractivity contribution in [1.29, 1.82) is 0 Å². The van der Waals surface area contributed by atoms with Gasteiger partial charge in [-0.3, -0.25) is 4.79 Å². The lowest BCUT2D eigenvalue weighted by molar-refractivity contribution is -0.117. The van der Waals surface area contributed by atoms with Crippen LogP contribution in [0.2, 0.25) is 0 Å². The van der Waals surface area contributed by atoms with Crippen molar-refractivity contribution in [3.63, 3.8) is 0 Å². The van der Waals surface area contributed by atoms with E-state index in [1.807, 2.05) is 18.2 Å². The minimum Gasteiger partial charge on any atom is -0.399 e. The predicted molar refractivity (Wildman–Crippen MR) is 43.3 cm³/mol. The lowest BCUT2D eigenvalue weighted by Crippen LogP contribution is -1.92. The zero-order chi connectivity index (χ0) is 7.84. The first-order valence-electron chi connectivity index (χ1n) is 3.65. The van der Waals surface area contributed by atoms with Crippen LogP contribution in [0.5, 0.6) is 0 Å². The molecule has 2 nitrogen and oxygen atoms in total. The summed E-state index contributed by atoms with van der Waals surface area (Å²) in [6.45, 7) is 0. The van der Waals surface area contributed by atoms with Gasteiger partial charge in [-0.05, 0) is 23.3 Å². The molecule has 11 heavy (non-hydrogen) atoms. The van der Waals surface area contributed by atoms with Crippen LogP contribution in [0.4, 0.5) is 5.69 Å². The fourth-order valence-corrected chi connectivity index (χ4v) is 1.47. The number of hydrogen-bond acceptors (Lipinski definition) is 2. The number of Topliss-reactive ketones (excluding diaryl/α,β-unsaturated/α-hetero) is 1. The van der Waals surface area contributed by atoms with E-state index < -0.39 is 0 Å². The number of ketones is 1. The van der Waals surface area contributed by atoms with Crippen LogP contribution in [0.1, 0.15) is 11.1 Å². The van der Waals surface area contributed by atoms with Crippen molar-refractivity contribution in [3.05, 3.63) is 29.3 Å². The molecule has 0 aliphatic heterocycles. The Kier molecular flexibility index (Phi) is 1.22. The summed E-state index contributed by atoms with van der Waals surface area (Å²) >= 11 is 0. The minimum absolute atomic E-state index is 0.297. The van der Waals surface area contributed by atoms with E-state index in [0.29, 0.717) is 18.6 Å². The number of hydrogen-bond donors (Lipinski definition) is 1. The van der Waals surface area contributed by atoms with Crippen LogP contribution < -0.4 is 5.73 Å². The van der Waals surface area contributed by atoms with Gasteiger partial charge in [0.05, 0.1) is 0 Å². The highest BCUT2D eigenvalue weighted by molar-refractivity contribution is 5.88. The molecule has 0 atom stereocenters. The highest BCUT2D eigenvalue weighted by atomic mass is 16.1. The van der Waals surface area contributed by atoms with Crippen LogP contribution >= 0.6 is 0 Å². The van der Waals surface area contributed by atoms with E-state index in [-0.39, 0.29) is 0 Å². The summed E-state index contributed by atoms with van der Waals surface area (Å²) in [5.41, 5.74) is 8.56. The van der Waals surface area contributed by atoms with Gasteiger partial charge in [-0.1, -0.05) is 6.07 Å². The van der Waals surface area contributed by atoms with Gasteiger partial charge in [-0.2, -0.15) is 0 Å². The summed E-state index contributed by atoms with van der Waals surface area (Å²) in [6.07, 6.45) is 1.16. The molecule has 0 spiro atoms. The molecule has 2 N–H and O–H groups in total. The molecule has 0 amide bonds. The molecule has 0 heterocycles. The largest absolute Gasteiger partial charge is 0.399 e. The number of anilines is 1. The van der Waals surface area contributed by atoms with Crippen LogP contribution in [-0.2, 0) is 17.6 Å². The average Bonchev–Trinajstić information content (AvgIpc) is 2.27. The van der Waals surface area contributed by atoms with Gasteiger partial charge in [0.1, 0.15) is 5.78 Å². The van der Waals surface area contributed by atoms with Crippen molar-refractivity contribution in [1.82, 2.24) is 0 Å². The van der Waals surface area contributed by atoms with E-state index in [0.717, 1.165) is 16.8 Å². The van der Waals surface area contributed by atoms with Crippen LogP contribution in [0.15, 0.2) is 18.2 Å². The van der Waals surface area contributed by atoms with Crippen LogP contribution in [0.25, 0.3) is 0 Å². The van der Waals surface area contributed by atoms with E-state index in [9.17, 15) is 4.79 Å². The van der Waals surface area contributed by atoms with Gasteiger partial charge in [-0.15, -0.1) is 0 Å². The lowest BCUT2D eigenvalue weighted by atomic mass is 10.1. The molecule has 0 unspecified atom stereocenters. The molecule has 1 aromatic carbocycles. The molecule has 0 bridgehead atoms. The topological polar surface area (TPSA) is 43.1 Å². The second-order valence-electron chi connectivity index (χ2n) is 2.92. The summed E-state index contributed by atoms with van der Waals surface area (Å²) < 4.78 is 0. The summed E-state index contributed by atoms with van der Waals surface area (Å²) in [6, 6.07) is 5.67. The van der Waals surface area contributed by atoms with E-state index >= 15 is 0 Å². The third-order valence-electron chi connectivity index (χ3n) is 2.01. The quantitative estimate of drug-likeness (QED) is 0.555. The van der Waals surface area contributed by atoms with Crippen LogP contribution in [0.3, 0.4) is 0 Å². The van der Waals surface area contributed by atoms with Crippen molar-refractivity contribution in [2.24, 2.45) is 0 Å². The van der Waals surface area contributed by atoms with Crippen molar-refractivity contribution in [2.45, 2.75) is 12.8 Å². The Morgan fingerprint density at radius 1 is 1.18 bits per heavy atom. The monoisotopic (exact) mass is 147 g/mol. The zero-order valence-electron chi connectivity index (χ0n) is 6.13. The van der Waals surface area contributed by atoms with Gasteiger partial charge in [0.2, 0.25) is 0 Å². The normalized spacial score (nSPS) is 15.1. The maximum Gasteiger partial charge on any atom is 0.141 e. The van der Waals surface area contributed by atoms with Gasteiger partial charge in [-0.25, -0.2) is 0 Å². The number of nitrogen functional groups attached to an aromatic ring is 1. The van der Waals surface area contributed by atoms with Gasteiger partial charge in [0.15, 0.2) is 0 Å². The van der Waals surface area contributed by atoms with Crippen molar-refractivity contribution >= 4 is 11.5 Å². The number of carbonyl (C=O) groups is 1. The SMILES string of the molecule is Nc1ccc2c(c1)CC(=O)C2. The summed E-state index contributed by atoms with van der Waals surface area (Å²) in [7, 11) is 0. The second kappa shape index (κ2) is 2.09. The Labute approximate surface area is 65.0 Å². The smallest absolute Gasteiger partial charge is 0.141 e. The summed E-state index contributed by atoms with van der Waals surface area (Å²) in [5, 5.41) is 0. The Morgan fingerprint density at radius 2 is 1.91 bits per heavy atom. The number of fused-ring (bicyclic) bond motifs is 1. The first kappa shape index (κ1) is 6.40. The van der Waals surface area contributed by atoms with Crippen molar-refractivity contribution in [3.8, 4) is 0 Å². The average molecular weight is 147 g/mol. The molecule has 2 heteroatoms. The number of benzene rings is 1. The molecule has 1 aromatic rings. The highest BCUT2D eigenvalue weighted by Gasteiger charge is 2.17. The Morgan fingerprint density at radius 3 is 2.73 bits per heavy atom. The molecule has 2 rings (SSSR count). The Balaban J connectivity index is 2.51. The minimum atomic E-state index is 0.297. The maximum absolute atomic E-state index is 11.0. The van der Waals surface area contributed by atoms with E-state index in [1.54, 1.807) is 0 Å². The molecular formula is C9H9NO. The fourth-order valence-electron chi connectivity index (χ4n) is 1.47. The number of nitrogens with two attached hydrogens (primary N) is 1. The second-order valence-corrected chi connectivity index (χ2v) is 2.92. The zero-order valence-corrected chi connectivity index (χ0v) is 6.13. The molecule has 0 aromatic heterocycles. The number of carbonyl (C=O) groups excluding carboxylic acids is 1. The third-order valence-corrected chi connectivity index (χ3v) is 2.01. The lowest BCUT2D eigenvalue weighted by Gasteiger charge is -1.97. The van der Waals surface area contributed by atoms with Crippen molar-refractivity contribution in [2.75, 3.05) is 5.73 Å². The maximum atomic E-state index is 11.0. The first-order chi connectivity index (χ1) is 5.25. The van der Waals surface area contributed by atoms with Crippen LogP contribution in [0, 0.1) is 0 Å².